The maximum absolute atomic E-state index is 4.48. The summed E-state index contributed by atoms with van der Waals surface area (Å²) in [4.78, 5) is 11.8. The normalized spacial score (nSPS) is 9.78. The molecule has 3 heteroatoms. The van der Waals surface area contributed by atoms with Gasteiger partial charge in [-0.25, -0.2) is 4.98 Å². The first-order chi connectivity index (χ1) is 13.0. The molecule has 0 saturated heterocycles. The van der Waals surface area contributed by atoms with Gasteiger partial charge < -0.3 is 4.98 Å². The van der Waals surface area contributed by atoms with Crippen molar-refractivity contribution in [2.75, 3.05) is 0 Å². The lowest BCUT2D eigenvalue weighted by Crippen LogP contribution is -1.86. The Bertz CT molecular complexity index is 658. The molecule has 0 radical (unpaired) electrons. The second-order valence-electron chi connectivity index (χ2n) is 7.06. The second kappa shape index (κ2) is 16.3. The van der Waals surface area contributed by atoms with Gasteiger partial charge in [-0.2, -0.15) is 0 Å². The van der Waals surface area contributed by atoms with Crippen LogP contribution in [0.5, 0.6) is 0 Å². The third-order valence-electron chi connectivity index (χ3n) is 4.00. The van der Waals surface area contributed by atoms with Gasteiger partial charge in [0.15, 0.2) is 0 Å². The summed E-state index contributed by atoms with van der Waals surface area (Å²) in [7, 11) is 0. The summed E-state index contributed by atoms with van der Waals surface area (Å²) in [5.41, 5.74) is 2.02. The Labute approximate surface area is 167 Å². The molecule has 2 aromatic rings. The second-order valence-corrected chi connectivity index (χ2v) is 7.06. The number of nitrogens with one attached hydrogen (secondary N) is 1. The van der Waals surface area contributed by atoms with Crippen LogP contribution in [0.15, 0.2) is 36.7 Å². The molecule has 0 fully saturated rings. The predicted octanol–water partition coefficient (Wildman–Crippen LogP) is 7.73. The van der Waals surface area contributed by atoms with E-state index in [1.807, 2.05) is 58.2 Å². The van der Waals surface area contributed by atoms with Crippen molar-refractivity contribution in [2.45, 2.75) is 87.0 Å². The summed E-state index contributed by atoms with van der Waals surface area (Å²) in [6.45, 7) is 14.8. The van der Waals surface area contributed by atoms with Crippen LogP contribution in [-0.4, -0.2) is 15.0 Å². The molecule has 0 saturated carbocycles. The summed E-state index contributed by atoms with van der Waals surface area (Å²) >= 11 is 0. The zero-order chi connectivity index (χ0) is 20.5. The Kier molecular flexibility index (Phi) is 15.1. The van der Waals surface area contributed by atoms with Crippen LogP contribution in [0.3, 0.4) is 0 Å². The highest BCUT2D eigenvalue weighted by Crippen LogP contribution is 2.10. The average molecular weight is 372 g/mol. The van der Waals surface area contributed by atoms with E-state index in [0.717, 1.165) is 28.3 Å². The van der Waals surface area contributed by atoms with Crippen molar-refractivity contribution in [2.24, 2.45) is 5.92 Å². The van der Waals surface area contributed by atoms with Gasteiger partial charge in [0.05, 0.1) is 5.52 Å². The van der Waals surface area contributed by atoms with Crippen molar-refractivity contribution < 1.29 is 0 Å². The lowest BCUT2D eigenvalue weighted by atomic mass is 10.0. The average Bonchev–Trinajstić information content (AvgIpc) is 2.71. The molecule has 0 aliphatic rings. The standard InChI is InChI=1S/C12H13N3.C10H22.C2H6/c1-9-4-3-5-11-8-13-7-6-12(11)15-10(2)14-9;1-4-5-6-7-8-9-10(2)3;1-2/h3-8H,1-2H3,(H,14,15);10H,4-9H2,1-3H3;1-2H3. The van der Waals surface area contributed by atoms with Crippen LogP contribution in [0, 0.1) is 19.8 Å². The first-order valence-corrected chi connectivity index (χ1v) is 10.6. The topological polar surface area (TPSA) is 41.6 Å². The monoisotopic (exact) mass is 371 g/mol. The predicted molar refractivity (Wildman–Crippen MR) is 121 cm³/mol. The fourth-order valence-corrected chi connectivity index (χ4v) is 2.62. The fraction of sp³-hybridized carbons (Fsp3) is 0.583. The first kappa shape index (κ1) is 25.1. The van der Waals surface area contributed by atoms with Gasteiger partial charge in [0.1, 0.15) is 5.82 Å². The Balaban J connectivity index is 0.000000495. The van der Waals surface area contributed by atoms with Crippen LogP contribution < -0.4 is 0 Å². The number of hydrogen-bond acceptors (Lipinski definition) is 2. The number of rotatable bonds is 6. The molecule has 2 rings (SSSR count). The largest absolute Gasteiger partial charge is 0.348 e. The molecule has 3 nitrogen and oxygen atoms in total. The van der Waals surface area contributed by atoms with E-state index in [2.05, 4.69) is 35.7 Å². The highest BCUT2D eigenvalue weighted by Gasteiger charge is 1.93. The SMILES string of the molecule is CC.CCCCCCCC(C)C.Cc1cccc2cnccc2nc(C)[nH]1. The minimum absolute atomic E-state index is 0.889. The summed E-state index contributed by atoms with van der Waals surface area (Å²) in [5, 5.41) is 1.03. The number of hydrogen-bond donors (Lipinski definition) is 1. The molecule has 0 spiro atoms. The number of pyridine rings is 1. The van der Waals surface area contributed by atoms with E-state index in [1.54, 1.807) is 6.20 Å². The Hall–Kier alpha value is -1.90. The molecule has 0 bridgehead atoms. The summed E-state index contributed by atoms with van der Waals surface area (Å²) < 4.78 is 0. The van der Waals surface area contributed by atoms with Crippen LogP contribution in [-0.2, 0) is 0 Å². The van der Waals surface area contributed by atoms with Crippen LogP contribution >= 0.6 is 0 Å². The van der Waals surface area contributed by atoms with E-state index in [-0.39, 0.29) is 0 Å². The zero-order valence-corrected chi connectivity index (χ0v) is 18.7. The maximum Gasteiger partial charge on any atom is 0.103 e. The van der Waals surface area contributed by atoms with Crippen molar-refractivity contribution in [3.8, 4) is 0 Å². The van der Waals surface area contributed by atoms with Gasteiger partial charge in [0, 0.05) is 23.5 Å². The van der Waals surface area contributed by atoms with Crippen LogP contribution in [0.1, 0.15) is 84.7 Å². The lowest BCUT2D eigenvalue weighted by Gasteiger charge is -2.02. The van der Waals surface area contributed by atoms with Crippen molar-refractivity contribution in [3.05, 3.63) is 48.2 Å². The highest BCUT2D eigenvalue weighted by atomic mass is 14.9. The Morgan fingerprint density at radius 3 is 2.33 bits per heavy atom. The quantitative estimate of drug-likeness (QED) is 0.528. The van der Waals surface area contributed by atoms with Gasteiger partial charge in [0.2, 0.25) is 0 Å². The van der Waals surface area contributed by atoms with Crippen LogP contribution in [0.2, 0.25) is 0 Å². The van der Waals surface area contributed by atoms with Crippen molar-refractivity contribution in [1.29, 1.82) is 0 Å². The van der Waals surface area contributed by atoms with Crippen LogP contribution in [0.25, 0.3) is 10.9 Å². The van der Waals surface area contributed by atoms with E-state index in [0.29, 0.717) is 0 Å². The molecular weight excluding hydrogens is 330 g/mol. The van der Waals surface area contributed by atoms with Gasteiger partial charge in [-0.05, 0) is 31.9 Å². The van der Waals surface area contributed by atoms with E-state index in [1.165, 1.54) is 38.5 Å². The summed E-state index contributed by atoms with van der Waals surface area (Å²) in [5.74, 6) is 1.79. The number of nitrogens with zero attached hydrogens (tertiary/aromatic N) is 2. The van der Waals surface area contributed by atoms with Gasteiger partial charge in [-0.15, -0.1) is 0 Å². The molecule has 2 aromatic heterocycles. The van der Waals surface area contributed by atoms with Crippen LogP contribution in [0.4, 0.5) is 0 Å². The molecule has 152 valence electrons. The molecule has 0 atom stereocenters. The molecule has 0 amide bonds. The van der Waals surface area contributed by atoms with Crippen molar-refractivity contribution in [1.82, 2.24) is 15.0 Å². The number of unbranched alkanes of at least 4 members (excludes halogenated alkanes) is 4. The third kappa shape index (κ3) is 13.0. The van der Waals surface area contributed by atoms with Gasteiger partial charge >= 0.3 is 0 Å². The van der Waals surface area contributed by atoms with Gasteiger partial charge in [0.25, 0.3) is 0 Å². The van der Waals surface area contributed by atoms with E-state index in [4.69, 9.17) is 0 Å². The molecule has 0 aliphatic heterocycles. The smallest absolute Gasteiger partial charge is 0.103 e. The third-order valence-corrected chi connectivity index (χ3v) is 4.00. The lowest BCUT2D eigenvalue weighted by molar-refractivity contribution is 0.518. The molecule has 0 aliphatic carbocycles. The Morgan fingerprint density at radius 1 is 0.963 bits per heavy atom. The molecular formula is C24H41N3. The van der Waals surface area contributed by atoms with Gasteiger partial charge in [-0.3, -0.25) is 4.98 Å². The number of fused-ring (bicyclic) bond motifs is 1. The van der Waals surface area contributed by atoms with E-state index >= 15 is 0 Å². The molecule has 0 unspecified atom stereocenters. The number of aromatic nitrogens is 3. The maximum atomic E-state index is 4.48. The van der Waals surface area contributed by atoms with Crippen molar-refractivity contribution in [3.63, 3.8) is 0 Å². The highest BCUT2D eigenvalue weighted by molar-refractivity contribution is 5.75. The minimum atomic E-state index is 0.889. The van der Waals surface area contributed by atoms with Gasteiger partial charge in [-0.1, -0.05) is 85.3 Å². The minimum Gasteiger partial charge on any atom is -0.348 e. The molecule has 27 heavy (non-hydrogen) atoms. The Morgan fingerprint density at radius 2 is 1.67 bits per heavy atom. The summed E-state index contributed by atoms with van der Waals surface area (Å²) in [6.07, 6.45) is 12.1. The fourth-order valence-electron chi connectivity index (χ4n) is 2.62. The molecule has 1 N–H and O–H groups in total. The molecule has 0 aromatic carbocycles. The summed E-state index contributed by atoms with van der Waals surface area (Å²) in [6, 6.07) is 7.93. The molecule has 2 heterocycles. The number of aryl methyl sites for hydroxylation is 2. The first-order valence-electron chi connectivity index (χ1n) is 10.6. The number of aromatic amines is 1. The van der Waals surface area contributed by atoms with E-state index in [9.17, 15) is 0 Å². The van der Waals surface area contributed by atoms with Crippen molar-refractivity contribution >= 4 is 10.9 Å². The zero-order valence-electron chi connectivity index (χ0n) is 18.7. The van der Waals surface area contributed by atoms with E-state index < -0.39 is 0 Å². The number of H-pyrrole nitrogens is 1.